The maximum Gasteiger partial charge on any atom is 0.244 e. The quantitative estimate of drug-likeness (QED) is 0.821. The number of aryl methyl sites for hydroxylation is 2. The minimum Gasteiger partial charge on any atom is -0.465 e. The van der Waals surface area contributed by atoms with Crippen molar-refractivity contribution in [1.82, 2.24) is 10.0 Å². The Morgan fingerprint density at radius 2 is 1.95 bits per heavy atom. The maximum atomic E-state index is 12.5. The second-order valence-corrected chi connectivity index (χ2v) is 6.85. The normalized spacial score (nSPS) is 22.8. The summed E-state index contributed by atoms with van der Waals surface area (Å²) in [7, 11) is -0.133. The molecule has 1 aromatic heterocycles. The Hall–Kier alpha value is -0.890. The van der Waals surface area contributed by atoms with Crippen molar-refractivity contribution in [3.8, 4) is 0 Å². The molecule has 0 bridgehead atoms. The van der Waals surface area contributed by atoms with Crippen molar-refractivity contribution in [2.75, 3.05) is 14.2 Å². The van der Waals surface area contributed by atoms with Gasteiger partial charge in [0.25, 0.3) is 0 Å². The molecule has 0 aromatic carbocycles. The summed E-state index contributed by atoms with van der Waals surface area (Å²) in [5.41, 5.74) is 0.695. The van der Waals surface area contributed by atoms with Crippen LogP contribution in [0.3, 0.4) is 0 Å². The van der Waals surface area contributed by atoms with Crippen molar-refractivity contribution in [1.29, 1.82) is 0 Å². The standard InChI is InChI=1S/C13H22N2O4S/c1-8-12(7-14-3)13(9(2)19-8)20(16,17)15-10-5-11(6-10)18-4/h10-11,14-15H,5-7H2,1-4H3. The predicted molar refractivity (Wildman–Crippen MR) is 75.1 cm³/mol. The van der Waals surface area contributed by atoms with E-state index in [1.165, 1.54) is 0 Å². The van der Waals surface area contributed by atoms with Crippen LogP contribution in [0, 0.1) is 13.8 Å². The van der Waals surface area contributed by atoms with E-state index in [9.17, 15) is 8.42 Å². The molecule has 6 nitrogen and oxygen atoms in total. The van der Waals surface area contributed by atoms with Gasteiger partial charge in [0.2, 0.25) is 10.0 Å². The van der Waals surface area contributed by atoms with Crippen LogP contribution < -0.4 is 10.0 Å². The molecule has 1 fully saturated rings. The van der Waals surface area contributed by atoms with E-state index in [4.69, 9.17) is 9.15 Å². The summed E-state index contributed by atoms with van der Waals surface area (Å²) in [6.07, 6.45) is 1.59. The molecule has 2 N–H and O–H groups in total. The maximum absolute atomic E-state index is 12.5. The van der Waals surface area contributed by atoms with Crippen molar-refractivity contribution in [2.24, 2.45) is 0 Å². The van der Waals surface area contributed by atoms with E-state index in [0.717, 1.165) is 0 Å². The SMILES string of the molecule is CNCc1c(C)oc(C)c1S(=O)(=O)NC1CC(OC)C1. The van der Waals surface area contributed by atoms with Gasteiger partial charge in [-0.25, -0.2) is 13.1 Å². The highest BCUT2D eigenvalue weighted by Gasteiger charge is 2.35. The van der Waals surface area contributed by atoms with Crippen LogP contribution in [0.2, 0.25) is 0 Å². The van der Waals surface area contributed by atoms with Crippen molar-refractivity contribution in [3.05, 3.63) is 17.1 Å². The molecule has 1 aliphatic rings. The summed E-state index contributed by atoms with van der Waals surface area (Å²) in [5, 5.41) is 2.98. The van der Waals surface area contributed by atoms with Crippen LogP contribution in [-0.2, 0) is 21.3 Å². The lowest BCUT2D eigenvalue weighted by atomic mass is 9.90. The molecule has 1 aliphatic carbocycles. The number of ether oxygens (including phenoxy) is 1. The summed E-state index contributed by atoms with van der Waals surface area (Å²) in [6.45, 7) is 3.92. The molecule has 20 heavy (non-hydrogen) atoms. The van der Waals surface area contributed by atoms with Crippen LogP contribution >= 0.6 is 0 Å². The molecule has 0 amide bonds. The molecule has 1 saturated carbocycles. The van der Waals surface area contributed by atoms with Crippen LogP contribution in [0.4, 0.5) is 0 Å². The fourth-order valence-electron chi connectivity index (χ4n) is 2.58. The van der Waals surface area contributed by atoms with Gasteiger partial charge in [0.1, 0.15) is 16.4 Å². The first-order valence-electron chi connectivity index (χ1n) is 6.67. The van der Waals surface area contributed by atoms with E-state index in [1.807, 2.05) is 0 Å². The largest absolute Gasteiger partial charge is 0.465 e. The van der Waals surface area contributed by atoms with Gasteiger partial charge in [-0.3, -0.25) is 0 Å². The predicted octanol–water partition coefficient (Wildman–Crippen LogP) is 1.07. The topological polar surface area (TPSA) is 80.6 Å². The van der Waals surface area contributed by atoms with E-state index in [2.05, 4.69) is 10.0 Å². The van der Waals surface area contributed by atoms with Crippen molar-refractivity contribution >= 4 is 10.0 Å². The first-order valence-corrected chi connectivity index (χ1v) is 8.16. The van der Waals surface area contributed by atoms with E-state index < -0.39 is 10.0 Å². The third-order valence-electron chi connectivity index (χ3n) is 3.70. The summed E-state index contributed by atoms with van der Waals surface area (Å²) in [4.78, 5) is 0.269. The number of furan rings is 1. The van der Waals surface area contributed by atoms with Gasteiger partial charge >= 0.3 is 0 Å². The summed E-state index contributed by atoms with van der Waals surface area (Å²) < 4.78 is 38.4. The number of methoxy groups -OCH3 is 1. The Bertz CT molecular complexity index is 573. The summed E-state index contributed by atoms with van der Waals surface area (Å²) in [5.74, 6) is 1.07. The van der Waals surface area contributed by atoms with Crippen molar-refractivity contribution in [3.63, 3.8) is 0 Å². The summed E-state index contributed by atoms with van der Waals surface area (Å²) >= 11 is 0. The van der Waals surface area contributed by atoms with Gasteiger partial charge in [0, 0.05) is 25.3 Å². The molecule has 0 saturated heterocycles. The van der Waals surface area contributed by atoms with Gasteiger partial charge in [0.15, 0.2) is 0 Å². The number of nitrogens with one attached hydrogen (secondary N) is 2. The van der Waals surface area contributed by atoms with Gasteiger partial charge in [0.05, 0.1) is 6.10 Å². The smallest absolute Gasteiger partial charge is 0.244 e. The van der Waals surface area contributed by atoms with Gasteiger partial charge in [-0.15, -0.1) is 0 Å². The highest BCUT2D eigenvalue weighted by atomic mass is 32.2. The number of hydrogen-bond donors (Lipinski definition) is 2. The molecule has 0 aliphatic heterocycles. The molecule has 7 heteroatoms. The molecule has 0 radical (unpaired) electrons. The molecule has 114 valence electrons. The van der Waals surface area contributed by atoms with Crippen LogP contribution in [0.25, 0.3) is 0 Å². The van der Waals surface area contributed by atoms with Gasteiger partial charge < -0.3 is 14.5 Å². The van der Waals surface area contributed by atoms with Crippen LogP contribution in [0.15, 0.2) is 9.31 Å². The van der Waals surface area contributed by atoms with Gasteiger partial charge in [-0.2, -0.15) is 0 Å². The minimum absolute atomic E-state index is 0.0537. The number of rotatable bonds is 6. The first kappa shape index (κ1) is 15.5. The zero-order valence-corrected chi connectivity index (χ0v) is 13.1. The van der Waals surface area contributed by atoms with Crippen LogP contribution in [0.5, 0.6) is 0 Å². The molecule has 2 rings (SSSR count). The molecule has 0 atom stereocenters. The van der Waals surface area contributed by atoms with Crippen molar-refractivity contribution in [2.45, 2.75) is 50.3 Å². The molecule has 1 heterocycles. The van der Waals surface area contributed by atoms with Gasteiger partial charge in [-0.1, -0.05) is 0 Å². The third-order valence-corrected chi connectivity index (χ3v) is 5.41. The molecule has 0 spiro atoms. The van der Waals surface area contributed by atoms with Crippen LogP contribution in [0.1, 0.15) is 29.9 Å². The molecular weight excluding hydrogens is 280 g/mol. The van der Waals surface area contributed by atoms with E-state index in [1.54, 1.807) is 28.0 Å². The third kappa shape index (κ3) is 2.90. The van der Waals surface area contributed by atoms with E-state index in [-0.39, 0.29) is 17.0 Å². The zero-order chi connectivity index (χ0) is 14.9. The highest BCUT2D eigenvalue weighted by molar-refractivity contribution is 7.89. The Kier molecular flexibility index (Phi) is 4.53. The zero-order valence-electron chi connectivity index (χ0n) is 12.3. The highest BCUT2D eigenvalue weighted by Crippen LogP contribution is 2.29. The van der Waals surface area contributed by atoms with E-state index in [0.29, 0.717) is 36.5 Å². The number of hydrogen-bond acceptors (Lipinski definition) is 5. The van der Waals surface area contributed by atoms with Crippen LogP contribution in [-0.4, -0.2) is 34.7 Å². The fourth-order valence-corrected chi connectivity index (χ4v) is 4.29. The molecule has 1 aromatic rings. The second-order valence-electron chi connectivity index (χ2n) is 5.20. The van der Waals surface area contributed by atoms with E-state index >= 15 is 0 Å². The Morgan fingerprint density at radius 3 is 2.50 bits per heavy atom. The lowest BCUT2D eigenvalue weighted by Crippen LogP contribution is -2.47. The summed E-state index contributed by atoms with van der Waals surface area (Å²) in [6, 6.07) is -0.0537. The average Bonchev–Trinajstić information content (AvgIpc) is 2.59. The Morgan fingerprint density at radius 1 is 1.30 bits per heavy atom. The minimum atomic E-state index is -3.55. The molecular formula is C13H22N2O4S. The lowest BCUT2D eigenvalue weighted by Gasteiger charge is -2.34. The lowest BCUT2D eigenvalue weighted by molar-refractivity contribution is 0.0236. The fraction of sp³-hybridized carbons (Fsp3) is 0.692. The average molecular weight is 302 g/mol. The number of sulfonamides is 1. The Labute approximate surface area is 119 Å². The monoisotopic (exact) mass is 302 g/mol. The Balaban J connectivity index is 2.21. The van der Waals surface area contributed by atoms with Crippen molar-refractivity contribution < 1.29 is 17.6 Å². The van der Waals surface area contributed by atoms with Gasteiger partial charge in [-0.05, 0) is 33.7 Å². The second kappa shape index (κ2) is 5.85. The molecule has 0 unspecified atom stereocenters. The first-order chi connectivity index (χ1) is 9.39.